The monoisotopic (exact) mass is 283 g/mol. The number of rotatable bonds is 3. The van der Waals surface area contributed by atoms with Crippen LogP contribution in [-0.2, 0) is 6.42 Å². The molecule has 102 valence electrons. The molecule has 0 fully saturated rings. The minimum atomic E-state index is 0.746. The Kier molecular flexibility index (Phi) is 3.22. The van der Waals surface area contributed by atoms with E-state index in [9.17, 15) is 4.79 Å². The second-order valence-electron chi connectivity index (χ2n) is 5.07. The van der Waals surface area contributed by atoms with Gasteiger partial charge in [0.05, 0.1) is 5.69 Å². The Morgan fingerprint density at radius 3 is 2.60 bits per heavy atom. The summed E-state index contributed by atoms with van der Waals surface area (Å²) in [6.07, 6.45) is 4.00. The van der Waals surface area contributed by atoms with E-state index in [1.807, 2.05) is 4.40 Å². The number of pyridine rings is 1. The molecule has 3 rings (SSSR count). The van der Waals surface area contributed by atoms with Crippen molar-refractivity contribution in [1.29, 1.82) is 0 Å². The van der Waals surface area contributed by atoms with E-state index in [1.54, 1.807) is 11.3 Å². The number of aromatic nitrogens is 1. The summed E-state index contributed by atoms with van der Waals surface area (Å²) in [5.74, 6) is 0. The number of hydrogen-bond donors (Lipinski definition) is 0. The molecule has 3 heterocycles. The molecule has 0 radical (unpaired) electrons. The van der Waals surface area contributed by atoms with Gasteiger partial charge in [-0.2, -0.15) is 0 Å². The van der Waals surface area contributed by atoms with E-state index in [0.717, 1.165) is 29.5 Å². The highest BCUT2D eigenvalue weighted by Gasteiger charge is 2.15. The summed E-state index contributed by atoms with van der Waals surface area (Å²) in [6, 6.07) is 8.49. The summed E-state index contributed by atoms with van der Waals surface area (Å²) in [6.45, 7) is 6.34. The van der Waals surface area contributed by atoms with Crippen LogP contribution in [0.2, 0.25) is 0 Å². The van der Waals surface area contributed by atoms with Gasteiger partial charge in [-0.1, -0.05) is 13.0 Å². The Morgan fingerprint density at radius 1 is 1.20 bits per heavy atom. The summed E-state index contributed by atoms with van der Waals surface area (Å²) in [7, 11) is 0. The van der Waals surface area contributed by atoms with E-state index in [4.69, 9.17) is 0 Å². The summed E-state index contributed by atoms with van der Waals surface area (Å²) < 4.78 is 2.01. The van der Waals surface area contributed by atoms with Crippen LogP contribution in [0.15, 0.2) is 30.5 Å². The van der Waals surface area contributed by atoms with Crippen LogP contribution >= 0.6 is 11.3 Å². The summed E-state index contributed by atoms with van der Waals surface area (Å²) in [5, 5.41) is 0. The first-order valence-electron chi connectivity index (χ1n) is 6.80. The average Bonchev–Trinajstić information content (AvgIpc) is 2.96. The number of nitrogens with zero attached hydrogens (tertiary/aromatic N) is 1. The molecule has 0 aliphatic rings. The molecule has 2 nitrogen and oxygen atoms in total. The van der Waals surface area contributed by atoms with E-state index < -0.39 is 0 Å². The molecule has 0 bridgehead atoms. The molecule has 0 atom stereocenters. The van der Waals surface area contributed by atoms with Gasteiger partial charge >= 0.3 is 0 Å². The number of carbonyl (C=O) groups excluding carboxylic acids is 1. The molecule has 0 saturated heterocycles. The van der Waals surface area contributed by atoms with Gasteiger partial charge in [0.25, 0.3) is 0 Å². The van der Waals surface area contributed by atoms with Gasteiger partial charge in [0.1, 0.15) is 0 Å². The number of fused-ring (bicyclic) bond motifs is 1. The van der Waals surface area contributed by atoms with E-state index in [-0.39, 0.29) is 0 Å². The highest BCUT2D eigenvalue weighted by molar-refractivity contribution is 7.12. The molecule has 0 amide bonds. The van der Waals surface area contributed by atoms with Crippen molar-refractivity contribution in [3.05, 3.63) is 51.5 Å². The molecular weight excluding hydrogens is 266 g/mol. The summed E-state index contributed by atoms with van der Waals surface area (Å²) in [4.78, 5) is 14.1. The lowest BCUT2D eigenvalue weighted by atomic mass is 10.1. The topological polar surface area (TPSA) is 21.5 Å². The highest BCUT2D eigenvalue weighted by atomic mass is 32.1. The van der Waals surface area contributed by atoms with E-state index in [2.05, 4.69) is 51.2 Å². The molecule has 0 unspecified atom stereocenters. The van der Waals surface area contributed by atoms with Crippen molar-refractivity contribution < 1.29 is 4.79 Å². The van der Waals surface area contributed by atoms with Gasteiger partial charge in [0, 0.05) is 27.0 Å². The van der Waals surface area contributed by atoms with Gasteiger partial charge in [0.15, 0.2) is 6.29 Å². The van der Waals surface area contributed by atoms with Gasteiger partial charge in [-0.3, -0.25) is 4.79 Å². The molecule has 3 aromatic rings. The minimum Gasteiger partial charge on any atom is -0.313 e. The van der Waals surface area contributed by atoms with Crippen LogP contribution in [0, 0.1) is 13.8 Å². The molecule has 0 aliphatic carbocycles. The third kappa shape index (κ3) is 1.98. The first kappa shape index (κ1) is 13.1. The van der Waals surface area contributed by atoms with Crippen LogP contribution in [0.3, 0.4) is 0 Å². The Labute approximate surface area is 122 Å². The molecule has 20 heavy (non-hydrogen) atoms. The van der Waals surface area contributed by atoms with E-state index in [0.29, 0.717) is 0 Å². The zero-order valence-electron chi connectivity index (χ0n) is 11.9. The van der Waals surface area contributed by atoms with Crippen LogP contribution in [0.25, 0.3) is 16.6 Å². The zero-order chi connectivity index (χ0) is 14.3. The van der Waals surface area contributed by atoms with Gasteiger partial charge < -0.3 is 4.40 Å². The van der Waals surface area contributed by atoms with Gasteiger partial charge in [-0.15, -0.1) is 11.3 Å². The fraction of sp³-hybridized carbons (Fsp3) is 0.235. The maximum atomic E-state index is 11.6. The smallest absolute Gasteiger partial charge is 0.167 e. The van der Waals surface area contributed by atoms with E-state index in [1.165, 1.54) is 20.9 Å². The lowest BCUT2D eigenvalue weighted by molar-refractivity contribution is 0.111. The Morgan fingerprint density at radius 2 is 2.00 bits per heavy atom. The van der Waals surface area contributed by atoms with Gasteiger partial charge in [-0.05, 0) is 49.6 Å². The van der Waals surface area contributed by atoms with Crippen molar-refractivity contribution >= 4 is 23.1 Å². The lowest BCUT2D eigenvalue weighted by Gasteiger charge is -2.02. The Hall–Kier alpha value is -1.87. The van der Waals surface area contributed by atoms with Crippen molar-refractivity contribution in [2.45, 2.75) is 27.2 Å². The number of hydrogen-bond acceptors (Lipinski definition) is 2. The third-order valence-electron chi connectivity index (χ3n) is 3.72. The van der Waals surface area contributed by atoms with Crippen molar-refractivity contribution in [3.63, 3.8) is 0 Å². The van der Waals surface area contributed by atoms with Crippen LogP contribution in [-0.4, -0.2) is 10.7 Å². The second-order valence-corrected chi connectivity index (χ2v) is 6.53. The summed E-state index contributed by atoms with van der Waals surface area (Å²) >= 11 is 1.78. The molecule has 3 heteroatoms. The highest BCUT2D eigenvalue weighted by Crippen LogP contribution is 2.34. The average molecular weight is 283 g/mol. The van der Waals surface area contributed by atoms with Crippen LogP contribution in [0.5, 0.6) is 0 Å². The normalized spacial score (nSPS) is 11.2. The molecule has 3 aromatic heterocycles. The third-order valence-corrected chi connectivity index (χ3v) is 4.69. The molecule has 0 aliphatic heterocycles. The largest absolute Gasteiger partial charge is 0.313 e. The Balaban J connectivity index is 2.31. The maximum absolute atomic E-state index is 11.6. The first-order valence-corrected chi connectivity index (χ1v) is 7.62. The zero-order valence-corrected chi connectivity index (χ0v) is 12.8. The van der Waals surface area contributed by atoms with Gasteiger partial charge in [0.2, 0.25) is 0 Å². The van der Waals surface area contributed by atoms with Crippen molar-refractivity contribution in [1.82, 2.24) is 4.40 Å². The van der Waals surface area contributed by atoms with E-state index >= 15 is 0 Å². The van der Waals surface area contributed by atoms with Crippen molar-refractivity contribution in [2.24, 2.45) is 0 Å². The van der Waals surface area contributed by atoms with Crippen LogP contribution in [0.4, 0.5) is 0 Å². The molecular formula is C17H17NOS. The first-order chi connectivity index (χ1) is 9.63. The van der Waals surface area contributed by atoms with Crippen molar-refractivity contribution in [3.8, 4) is 11.1 Å². The maximum Gasteiger partial charge on any atom is 0.167 e. The number of thiophene rings is 1. The van der Waals surface area contributed by atoms with Crippen molar-refractivity contribution in [2.75, 3.05) is 0 Å². The predicted octanol–water partition coefficient (Wildman–Crippen LogP) is 4.66. The minimum absolute atomic E-state index is 0.746. The van der Waals surface area contributed by atoms with Gasteiger partial charge in [-0.25, -0.2) is 0 Å². The number of carbonyl (C=O) groups is 1. The molecule has 0 aromatic carbocycles. The fourth-order valence-electron chi connectivity index (χ4n) is 2.68. The summed E-state index contributed by atoms with van der Waals surface area (Å²) in [5.41, 5.74) is 5.27. The fourth-order valence-corrected chi connectivity index (χ4v) is 3.62. The predicted molar refractivity (Wildman–Crippen MR) is 84.9 cm³/mol. The Bertz CT molecular complexity index is 795. The number of aldehydes is 1. The number of aryl methyl sites for hydroxylation is 3. The van der Waals surface area contributed by atoms with Crippen LogP contribution < -0.4 is 0 Å². The quantitative estimate of drug-likeness (QED) is 0.641. The second kappa shape index (κ2) is 4.91. The standard InChI is InChI=1S/C17H17NOS/c1-4-13-5-6-14-8-16(17(10-19)18(14)9-13)15-7-11(2)20-12(15)3/h5-10H,4H2,1-3H3. The van der Waals surface area contributed by atoms with Crippen LogP contribution in [0.1, 0.15) is 32.7 Å². The SMILES string of the molecule is CCc1ccc2cc(-c3cc(C)sc3C)c(C=O)n2c1. The molecule has 0 saturated carbocycles. The molecule has 0 N–H and O–H groups in total. The lowest BCUT2D eigenvalue weighted by Crippen LogP contribution is -1.94. The molecule has 0 spiro atoms.